The summed E-state index contributed by atoms with van der Waals surface area (Å²) in [5.74, 6) is 0.683. The predicted molar refractivity (Wildman–Crippen MR) is 115 cm³/mol. The Labute approximate surface area is 180 Å². The average molecular weight is 442 g/mol. The number of pyridine rings is 1. The molecule has 0 radical (unpaired) electrons. The molecule has 1 unspecified atom stereocenters. The van der Waals surface area contributed by atoms with Crippen molar-refractivity contribution in [1.29, 1.82) is 0 Å². The highest BCUT2D eigenvalue weighted by Crippen LogP contribution is 2.40. The number of hydrogen-bond acceptors (Lipinski definition) is 7. The number of sulfonamides is 1. The van der Waals surface area contributed by atoms with E-state index in [0.717, 1.165) is 17.0 Å². The third-order valence-corrected chi connectivity index (χ3v) is 6.99. The Morgan fingerprint density at radius 2 is 2.06 bits per heavy atom. The van der Waals surface area contributed by atoms with E-state index in [1.807, 2.05) is 19.9 Å². The number of morpholine rings is 1. The Bertz CT molecular complexity index is 1300. The van der Waals surface area contributed by atoms with E-state index in [1.165, 1.54) is 0 Å². The first-order chi connectivity index (χ1) is 14.8. The molecule has 162 valence electrons. The lowest BCUT2D eigenvalue weighted by molar-refractivity contribution is 0.0985. The second-order valence-corrected chi connectivity index (χ2v) is 9.51. The number of nitrogens with one attached hydrogen (secondary N) is 1. The summed E-state index contributed by atoms with van der Waals surface area (Å²) >= 11 is 0. The highest BCUT2D eigenvalue weighted by atomic mass is 32.2. The summed E-state index contributed by atoms with van der Waals surface area (Å²) in [6.45, 7) is 7.65. The third kappa shape index (κ3) is 3.15. The molecule has 5 heterocycles. The number of H-pyrrole nitrogens is 1. The van der Waals surface area contributed by atoms with Gasteiger partial charge in [-0.1, -0.05) is 0 Å². The van der Waals surface area contributed by atoms with Gasteiger partial charge in [-0.25, -0.2) is 4.98 Å². The minimum atomic E-state index is -3.96. The van der Waals surface area contributed by atoms with Gasteiger partial charge in [-0.3, -0.25) is 9.78 Å². The zero-order chi connectivity index (χ0) is 21.9. The minimum absolute atomic E-state index is 0.0968. The minimum Gasteiger partial charge on any atom is -0.377 e. The average Bonchev–Trinajstić information content (AvgIpc) is 3.37. The van der Waals surface area contributed by atoms with Gasteiger partial charge in [-0.05, 0) is 38.5 Å². The van der Waals surface area contributed by atoms with Gasteiger partial charge in [-0.15, -0.1) is 0 Å². The van der Waals surface area contributed by atoms with Gasteiger partial charge >= 0.3 is 0 Å². The van der Waals surface area contributed by atoms with Gasteiger partial charge in [0.15, 0.2) is 0 Å². The van der Waals surface area contributed by atoms with Gasteiger partial charge in [0, 0.05) is 24.8 Å². The van der Waals surface area contributed by atoms with Crippen LogP contribution in [-0.4, -0.2) is 64.9 Å². The molecule has 5 rings (SSSR count). The highest BCUT2D eigenvalue weighted by molar-refractivity contribution is 7.91. The Hall–Kier alpha value is -3.05. The van der Waals surface area contributed by atoms with Crippen LogP contribution in [0, 0.1) is 13.8 Å². The number of hydrogen-bond donors (Lipinski definition) is 1. The van der Waals surface area contributed by atoms with Crippen LogP contribution in [0.3, 0.4) is 0 Å². The van der Waals surface area contributed by atoms with Crippen LogP contribution in [0.1, 0.15) is 29.6 Å². The van der Waals surface area contributed by atoms with Gasteiger partial charge in [-0.2, -0.15) is 23.0 Å². The van der Waals surface area contributed by atoms with E-state index in [2.05, 4.69) is 31.5 Å². The molecule has 0 aliphatic carbocycles. The van der Waals surface area contributed by atoms with Gasteiger partial charge < -0.3 is 9.64 Å². The van der Waals surface area contributed by atoms with E-state index in [-0.39, 0.29) is 16.6 Å². The third-order valence-electron chi connectivity index (χ3n) is 5.64. The number of anilines is 1. The number of aromatic nitrogens is 5. The normalized spacial score (nSPS) is 20.1. The monoisotopic (exact) mass is 441 g/mol. The summed E-state index contributed by atoms with van der Waals surface area (Å²) in [5, 5.41) is 11.4. The molecule has 3 aromatic rings. The quantitative estimate of drug-likeness (QED) is 0.656. The number of fused-ring (bicyclic) bond motifs is 1. The molecule has 2 aliphatic heterocycles. The van der Waals surface area contributed by atoms with Crippen molar-refractivity contribution >= 4 is 21.6 Å². The summed E-state index contributed by atoms with van der Waals surface area (Å²) in [5.41, 5.74) is 3.97. The second kappa shape index (κ2) is 6.99. The number of nitrogens with zero attached hydrogens (tertiary/aromatic N) is 6. The van der Waals surface area contributed by atoms with E-state index >= 15 is 0 Å². The molecule has 0 aromatic carbocycles. The molecule has 1 atom stereocenters. The Balaban J connectivity index is 1.80. The summed E-state index contributed by atoms with van der Waals surface area (Å²) in [4.78, 5) is 7.03. The van der Waals surface area contributed by atoms with E-state index in [1.54, 1.807) is 24.0 Å². The fourth-order valence-corrected chi connectivity index (χ4v) is 5.51. The van der Waals surface area contributed by atoms with E-state index in [0.29, 0.717) is 42.5 Å². The highest BCUT2D eigenvalue weighted by Gasteiger charge is 2.38. The molecule has 0 bridgehead atoms. The van der Waals surface area contributed by atoms with E-state index in [9.17, 15) is 8.42 Å². The zero-order valence-electron chi connectivity index (χ0n) is 17.7. The first-order valence-electron chi connectivity index (χ1n) is 10.0. The van der Waals surface area contributed by atoms with E-state index in [4.69, 9.17) is 9.72 Å². The van der Waals surface area contributed by atoms with Crippen LogP contribution >= 0.6 is 0 Å². The first kappa shape index (κ1) is 19.9. The predicted octanol–water partition coefficient (Wildman–Crippen LogP) is 1.59. The number of rotatable bonds is 3. The van der Waals surface area contributed by atoms with Gasteiger partial charge in [0.1, 0.15) is 27.8 Å². The Kier molecular flexibility index (Phi) is 4.48. The first-order valence-corrected chi connectivity index (χ1v) is 11.5. The van der Waals surface area contributed by atoms with Crippen LogP contribution < -0.4 is 4.90 Å². The van der Waals surface area contributed by atoms with Crippen molar-refractivity contribution in [3.8, 4) is 11.3 Å². The molecule has 1 saturated heterocycles. The Morgan fingerprint density at radius 1 is 1.26 bits per heavy atom. The molecule has 2 aliphatic rings. The summed E-state index contributed by atoms with van der Waals surface area (Å²) in [7, 11) is -2.16. The van der Waals surface area contributed by atoms with Crippen molar-refractivity contribution in [3.05, 3.63) is 41.0 Å². The van der Waals surface area contributed by atoms with Crippen LogP contribution in [0.4, 0.5) is 5.82 Å². The van der Waals surface area contributed by atoms with Crippen LogP contribution in [-0.2, 0) is 21.8 Å². The largest absolute Gasteiger partial charge is 0.377 e. The molecule has 31 heavy (non-hydrogen) atoms. The summed E-state index contributed by atoms with van der Waals surface area (Å²) < 4.78 is 37.7. The van der Waals surface area contributed by atoms with Crippen LogP contribution in [0.5, 0.6) is 0 Å². The zero-order valence-corrected chi connectivity index (χ0v) is 18.6. The number of ether oxygens (including phenoxy) is 1. The Morgan fingerprint density at radius 3 is 2.71 bits per heavy atom. The van der Waals surface area contributed by atoms with Crippen molar-refractivity contribution in [1.82, 2.24) is 25.0 Å². The van der Waals surface area contributed by atoms with Crippen molar-refractivity contribution in [2.75, 3.05) is 24.7 Å². The van der Waals surface area contributed by atoms with Crippen LogP contribution in [0.2, 0.25) is 0 Å². The van der Waals surface area contributed by atoms with Crippen molar-refractivity contribution < 1.29 is 13.2 Å². The molecule has 11 heteroatoms. The van der Waals surface area contributed by atoms with Gasteiger partial charge in [0.25, 0.3) is 10.0 Å². The molecule has 0 amide bonds. The lowest BCUT2D eigenvalue weighted by Crippen LogP contribution is -2.44. The van der Waals surface area contributed by atoms with E-state index < -0.39 is 10.0 Å². The standard InChI is InChI=1S/C20H23N7O3S/c1-11-9-21-26(4)19(11)14-8-16(27-5-6-30-10-13(27)3)22-18-17(15-7-12(2)23-24-15)25-31(28,29)20(14)18/h7-9,13H,5-6,10H2,1-4H3,(H,23,24). The second-order valence-electron chi connectivity index (χ2n) is 7.97. The maximum Gasteiger partial charge on any atom is 0.285 e. The van der Waals surface area contributed by atoms with Crippen molar-refractivity contribution in [2.24, 2.45) is 11.4 Å². The fraction of sp³-hybridized carbons (Fsp3) is 0.400. The van der Waals surface area contributed by atoms with Gasteiger partial charge in [0.05, 0.1) is 31.1 Å². The molecule has 0 spiro atoms. The smallest absolute Gasteiger partial charge is 0.285 e. The maximum atomic E-state index is 13.2. The molecule has 10 nitrogen and oxygen atoms in total. The number of aryl methyl sites for hydroxylation is 3. The summed E-state index contributed by atoms with van der Waals surface area (Å²) in [6, 6.07) is 3.70. The summed E-state index contributed by atoms with van der Waals surface area (Å²) in [6.07, 6.45) is 1.72. The molecule has 1 N–H and O–H groups in total. The van der Waals surface area contributed by atoms with Crippen LogP contribution in [0.25, 0.3) is 11.3 Å². The molecule has 3 aromatic heterocycles. The maximum absolute atomic E-state index is 13.2. The molecular weight excluding hydrogens is 418 g/mol. The fourth-order valence-electron chi connectivity index (χ4n) is 4.18. The van der Waals surface area contributed by atoms with Crippen LogP contribution in [0.15, 0.2) is 27.6 Å². The molecular formula is C20H23N7O3S. The van der Waals surface area contributed by atoms with Crippen molar-refractivity contribution in [3.63, 3.8) is 0 Å². The topological polar surface area (TPSA) is 118 Å². The molecule has 0 saturated carbocycles. The number of aromatic amines is 1. The lowest BCUT2D eigenvalue weighted by Gasteiger charge is -2.34. The molecule has 1 fully saturated rings. The van der Waals surface area contributed by atoms with Crippen molar-refractivity contribution in [2.45, 2.75) is 31.7 Å². The lowest BCUT2D eigenvalue weighted by atomic mass is 10.0. The SMILES string of the molecule is Cc1cc(C2=NS(=O)(=O)c3c(-c4c(C)cnn4C)cc(N4CCOCC4C)nc32)n[nH]1. The van der Waals surface area contributed by atoms with Gasteiger partial charge in [0.2, 0.25) is 0 Å².